The van der Waals surface area contributed by atoms with Crippen molar-refractivity contribution >= 4 is 23.3 Å². The molecule has 1 amide bonds. The lowest BCUT2D eigenvalue weighted by atomic mass is 10.2. The van der Waals surface area contributed by atoms with E-state index in [0.29, 0.717) is 24.5 Å². The molecule has 0 saturated carbocycles. The zero-order valence-corrected chi connectivity index (χ0v) is 14.6. The average molecular weight is 373 g/mol. The predicted octanol–water partition coefficient (Wildman–Crippen LogP) is 1.99. The van der Waals surface area contributed by atoms with Gasteiger partial charge in [0, 0.05) is 30.9 Å². The predicted molar refractivity (Wildman–Crippen MR) is 97.9 cm³/mol. The van der Waals surface area contributed by atoms with E-state index in [0.717, 1.165) is 0 Å². The molecule has 0 aromatic heterocycles. The van der Waals surface area contributed by atoms with Crippen molar-refractivity contribution in [2.75, 3.05) is 32.1 Å². The molecule has 9 heteroatoms. The Morgan fingerprint density at radius 3 is 2.44 bits per heavy atom. The van der Waals surface area contributed by atoms with E-state index < -0.39 is 23.4 Å². The van der Waals surface area contributed by atoms with Crippen LogP contribution in [0.3, 0.4) is 0 Å². The van der Waals surface area contributed by atoms with Crippen LogP contribution in [0.4, 0.5) is 11.4 Å². The largest absolute Gasteiger partial charge is 0.496 e. The van der Waals surface area contributed by atoms with Crippen molar-refractivity contribution in [2.24, 2.45) is 0 Å². The maximum atomic E-state index is 12.0. The third-order valence-corrected chi connectivity index (χ3v) is 3.52. The number of nitro groups is 1. The molecule has 0 fully saturated rings. The first kappa shape index (κ1) is 19.7. The molecule has 2 aromatic rings. The summed E-state index contributed by atoms with van der Waals surface area (Å²) in [6.07, 6.45) is 0. The standard InChI is InChI=1S/C18H19N3O6/c1-26-16-5-3-2-4-15(16)18(23)27-12-17(22)20-11-10-19-13-6-8-14(9-7-13)21(24)25/h2-9,19H,10-12H2,1H3,(H,20,22). The lowest BCUT2D eigenvalue weighted by molar-refractivity contribution is -0.384. The van der Waals surface area contributed by atoms with Crippen molar-refractivity contribution < 1.29 is 24.0 Å². The number of nitro benzene ring substituents is 1. The molecular formula is C18H19N3O6. The van der Waals surface area contributed by atoms with Gasteiger partial charge in [-0.05, 0) is 24.3 Å². The smallest absolute Gasteiger partial charge is 0.342 e. The van der Waals surface area contributed by atoms with Gasteiger partial charge in [-0.3, -0.25) is 14.9 Å². The van der Waals surface area contributed by atoms with Crippen LogP contribution in [-0.4, -0.2) is 43.6 Å². The molecule has 27 heavy (non-hydrogen) atoms. The van der Waals surface area contributed by atoms with Crippen LogP contribution in [0, 0.1) is 10.1 Å². The Morgan fingerprint density at radius 2 is 1.78 bits per heavy atom. The molecule has 0 bridgehead atoms. The molecule has 2 rings (SSSR count). The minimum absolute atomic E-state index is 0.00529. The first-order valence-corrected chi connectivity index (χ1v) is 8.06. The molecule has 0 unspecified atom stereocenters. The summed E-state index contributed by atoms with van der Waals surface area (Å²) >= 11 is 0. The van der Waals surface area contributed by atoms with Crippen LogP contribution >= 0.6 is 0 Å². The number of para-hydroxylation sites is 1. The highest BCUT2D eigenvalue weighted by Crippen LogP contribution is 2.18. The van der Waals surface area contributed by atoms with Crippen molar-refractivity contribution in [3.05, 3.63) is 64.2 Å². The van der Waals surface area contributed by atoms with Gasteiger partial charge in [-0.1, -0.05) is 12.1 Å². The van der Waals surface area contributed by atoms with Crippen molar-refractivity contribution in [1.29, 1.82) is 0 Å². The molecule has 0 spiro atoms. The number of amides is 1. The van der Waals surface area contributed by atoms with Gasteiger partial charge in [0.25, 0.3) is 11.6 Å². The second kappa shape index (κ2) is 9.76. The highest BCUT2D eigenvalue weighted by Gasteiger charge is 2.14. The lowest BCUT2D eigenvalue weighted by Gasteiger charge is -2.10. The normalized spacial score (nSPS) is 9.96. The quantitative estimate of drug-likeness (QED) is 0.298. The van der Waals surface area contributed by atoms with Crippen LogP contribution in [-0.2, 0) is 9.53 Å². The van der Waals surface area contributed by atoms with Gasteiger partial charge in [0.15, 0.2) is 6.61 Å². The van der Waals surface area contributed by atoms with Crippen LogP contribution < -0.4 is 15.4 Å². The van der Waals surface area contributed by atoms with Crippen molar-refractivity contribution in [1.82, 2.24) is 5.32 Å². The fourth-order valence-electron chi connectivity index (χ4n) is 2.18. The number of methoxy groups -OCH3 is 1. The Morgan fingerprint density at radius 1 is 1.07 bits per heavy atom. The zero-order chi connectivity index (χ0) is 19.6. The van der Waals surface area contributed by atoms with Gasteiger partial charge in [0.2, 0.25) is 0 Å². The Labute approximate surface area is 155 Å². The summed E-state index contributed by atoms with van der Waals surface area (Å²) in [6, 6.07) is 12.5. The van der Waals surface area contributed by atoms with Crippen LogP contribution in [0.25, 0.3) is 0 Å². The fourth-order valence-corrected chi connectivity index (χ4v) is 2.18. The topological polar surface area (TPSA) is 120 Å². The van der Waals surface area contributed by atoms with Gasteiger partial charge in [-0.15, -0.1) is 0 Å². The summed E-state index contributed by atoms with van der Waals surface area (Å²) < 4.78 is 10.0. The van der Waals surface area contributed by atoms with E-state index in [-0.39, 0.29) is 11.3 Å². The van der Waals surface area contributed by atoms with Crippen LogP contribution in [0.15, 0.2) is 48.5 Å². The number of rotatable bonds is 9. The van der Waals surface area contributed by atoms with Gasteiger partial charge >= 0.3 is 5.97 Å². The summed E-state index contributed by atoms with van der Waals surface area (Å²) in [7, 11) is 1.44. The van der Waals surface area contributed by atoms with Crippen molar-refractivity contribution in [3.63, 3.8) is 0 Å². The monoisotopic (exact) mass is 373 g/mol. The van der Waals surface area contributed by atoms with Crippen LogP contribution in [0.1, 0.15) is 10.4 Å². The number of non-ortho nitro benzene ring substituents is 1. The summed E-state index contributed by atoms with van der Waals surface area (Å²) in [5, 5.41) is 16.2. The number of esters is 1. The second-order valence-electron chi connectivity index (χ2n) is 5.36. The number of nitrogens with one attached hydrogen (secondary N) is 2. The molecule has 0 aliphatic rings. The summed E-state index contributed by atoms with van der Waals surface area (Å²) in [6.45, 7) is 0.292. The first-order chi connectivity index (χ1) is 13.0. The van der Waals surface area contributed by atoms with Crippen LogP contribution in [0.5, 0.6) is 5.75 Å². The Hall–Kier alpha value is -3.62. The third-order valence-electron chi connectivity index (χ3n) is 3.52. The minimum Gasteiger partial charge on any atom is -0.496 e. The van der Waals surface area contributed by atoms with E-state index in [1.54, 1.807) is 36.4 Å². The molecule has 0 aliphatic heterocycles. The molecule has 0 aliphatic carbocycles. The fraction of sp³-hybridized carbons (Fsp3) is 0.222. The molecule has 0 saturated heterocycles. The number of carbonyl (C=O) groups excluding carboxylic acids is 2. The molecule has 0 radical (unpaired) electrons. The maximum Gasteiger partial charge on any atom is 0.342 e. The van der Waals surface area contributed by atoms with Gasteiger partial charge in [0.1, 0.15) is 11.3 Å². The molecule has 9 nitrogen and oxygen atoms in total. The van der Waals surface area contributed by atoms with Gasteiger partial charge in [-0.25, -0.2) is 4.79 Å². The minimum atomic E-state index is -0.647. The molecule has 142 valence electrons. The number of benzene rings is 2. The summed E-state index contributed by atoms with van der Waals surface area (Å²) in [5.41, 5.74) is 0.941. The van der Waals surface area contributed by atoms with Gasteiger partial charge in [0.05, 0.1) is 12.0 Å². The summed E-state index contributed by atoms with van der Waals surface area (Å²) in [4.78, 5) is 33.8. The zero-order valence-electron chi connectivity index (χ0n) is 14.6. The lowest BCUT2D eigenvalue weighted by Crippen LogP contribution is -2.32. The van der Waals surface area contributed by atoms with Gasteiger partial charge < -0.3 is 20.1 Å². The average Bonchev–Trinajstić information content (AvgIpc) is 2.69. The molecule has 0 atom stereocenters. The SMILES string of the molecule is COc1ccccc1C(=O)OCC(=O)NCCNc1ccc([N+](=O)[O-])cc1. The number of hydrogen-bond acceptors (Lipinski definition) is 7. The number of carbonyl (C=O) groups is 2. The van der Waals surface area contributed by atoms with Crippen molar-refractivity contribution in [3.8, 4) is 5.75 Å². The van der Waals surface area contributed by atoms with E-state index in [4.69, 9.17) is 9.47 Å². The highest BCUT2D eigenvalue weighted by molar-refractivity contribution is 5.93. The first-order valence-electron chi connectivity index (χ1n) is 8.06. The third kappa shape index (κ3) is 5.99. The number of nitrogens with zero attached hydrogens (tertiary/aromatic N) is 1. The van der Waals surface area contributed by atoms with Crippen LogP contribution in [0.2, 0.25) is 0 Å². The molecule has 2 N–H and O–H groups in total. The Kier molecular flexibility index (Phi) is 7.12. The van der Waals surface area contributed by atoms with E-state index >= 15 is 0 Å². The van der Waals surface area contributed by atoms with E-state index in [2.05, 4.69) is 10.6 Å². The van der Waals surface area contributed by atoms with E-state index in [1.165, 1.54) is 19.2 Å². The summed E-state index contributed by atoms with van der Waals surface area (Å²) in [5.74, 6) is -0.717. The molecule has 0 heterocycles. The number of ether oxygens (including phenoxy) is 2. The number of hydrogen-bond donors (Lipinski definition) is 2. The second-order valence-corrected chi connectivity index (χ2v) is 5.36. The maximum absolute atomic E-state index is 12.0. The Balaban J connectivity index is 1.69. The number of anilines is 1. The molecule has 2 aromatic carbocycles. The van der Waals surface area contributed by atoms with E-state index in [1.807, 2.05) is 0 Å². The van der Waals surface area contributed by atoms with Gasteiger partial charge in [-0.2, -0.15) is 0 Å². The highest BCUT2D eigenvalue weighted by atomic mass is 16.6. The van der Waals surface area contributed by atoms with Crippen molar-refractivity contribution in [2.45, 2.75) is 0 Å². The van der Waals surface area contributed by atoms with E-state index in [9.17, 15) is 19.7 Å². The molecular weight excluding hydrogens is 354 g/mol. The Bertz CT molecular complexity index is 807.